The van der Waals surface area contributed by atoms with Crippen molar-refractivity contribution < 1.29 is 4.79 Å². The summed E-state index contributed by atoms with van der Waals surface area (Å²) in [6, 6.07) is 16.2. The molecule has 0 aliphatic carbocycles. The van der Waals surface area contributed by atoms with E-state index in [9.17, 15) is 9.59 Å². The Bertz CT molecular complexity index is 1410. The molecule has 34 heavy (non-hydrogen) atoms. The molecule has 1 saturated heterocycles. The molecule has 0 N–H and O–H groups in total. The quantitative estimate of drug-likeness (QED) is 0.472. The molecule has 174 valence electrons. The van der Waals surface area contributed by atoms with E-state index in [1.807, 2.05) is 62.1 Å². The van der Waals surface area contributed by atoms with E-state index in [2.05, 4.69) is 27.2 Å². The van der Waals surface area contributed by atoms with Crippen LogP contribution in [0.3, 0.4) is 0 Å². The van der Waals surface area contributed by atoms with Gasteiger partial charge in [0, 0.05) is 37.3 Å². The Morgan fingerprint density at radius 2 is 1.65 bits per heavy atom. The van der Waals surface area contributed by atoms with Crippen molar-refractivity contribution in [2.75, 3.05) is 31.1 Å². The smallest absolute Gasteiger partial charge is 0.293 e. The van der Waals surface area contributed by atoms with Gasteiger partial charge >= 0.3 is 0 Å². The normalized spacial score (nSPS) is 14.1. The van der Waals surface area contributed by atoms with Crippen molar-refractivity contribution in [1.29, 1.82) is 0 Å². The first kappa shape index (κ1) is 21.9. The lowest BCUT2D eigenvalue weighted by molar-refractivity contribution is -0.132. The highest BCUT2D eigenvalue weighted by molar-refractivity contribution is 5.82. The second-order valence-electron chi connectivity index (χ2n) is 8.84. The van der Waals surface area contributed by atoms with E-state index < -0.39 is 0 Å². The minimum absolute atomic E-state index is 0.0843. The fraction of sp³-hybridized carbons (Fsp3) is 0.308. The van der Waals surface area contributed by atoms with Gasteiger partial charge in [-0.15, -0.1) is 0 Å². The maximum atomic E-state index is 13.4. The van der Waals surface area contributed by atoms with Crippen molar-refractivity contribution >= 4 is 22.5 Å². The lowest BCUT2D eigenvalue weighted by Gasteiger charge is -2.36. The van der Waals surface area contributed by atoms with Crippen LogP contribution < -0.4 is 10.5 Å². The molecule has 8 heteroatoms. The highest BCUT2D eigenvalue weighted by atomic mass is 16.2. The number of anilines is 1. The molecule has 0 radical (unpaired) electrons. The molecule has 3 heterocycles. The zero-order valence-corrected chi connectivity index (χ0v) is 19.7. The van der Waals surface area contributed by atoms with Crippen molar-refractivity contribution in [3.8, 4) is 5.69 Å². The van der Waals surface area contributed by atoms with Crippen LogP contribution in [-0.4, -0.2) is 56.5 Å². The van der Waals surface area contributed by atoms with Gasteiger partial charge in [-0.3, -0.25) is 9.59 Å². The monoisotopic (exact) mass is 456 g/mol. The standard InChI is InChI=1S/C26H28N6O2/c1-18-9-10-22(15-19(18)2)32-25-23(16-27-32)20(3)28-31(26(25)34)17-24(33)30-13-11-29(12-14-30)21-7-5-4-6-8-21/h4-10,15-16H,11-14,17H2,1-3H3. The number of nitrogens with zero attached hydrogens (tertiary/aromatic N) is 6. The lowest BCUT2D eigenvalue weighted by atomic mass is 10.1. The molecule has 0 unspecified atom stereocenters. The Balaban J connectivity index is 1.39. The molecule has 4 aromatic rings. The van der Waals surface area contributed by atoms with E-state index >= 15 is 0 Å². The van der Waals surface area contributed by atoms with Crippen LogP contribution >= 0.6 is 0 Å². The van der Waals surface area contributed by atoms with E-state index in [1.54, 1.807) is 10.9 Å². The van der Waals surface area contributed by atoms with Gasteiger partial charge in [0.1, 0.15) is 12.1 Å². The first-order chi connectivity index (χ1) is 16.4. The summed E-state index contributed by atoms with van der Waals surface area (Å²) in [6.07, 6.45) is 1.67. The Labute approximate surface area is 198 Å². The number of hydrogen-bond acceptors (Lipinski definition) is 5. The van der Waals surface area contributed by atoms with Gasteiger partial charge in [-0.25, -0.2) is 9.36 Å². The Kier molecular flexibility index (Phi) is 5.65. The predicted molar refractivity (Wildman–Crippen MR) is 133 cm³/mol. The molecule has 0 atom stereocenters. The van der Waals surface area contributed by atoms with Crippen LogP contribution in [0.4, 0.5) is 5.69 Å². The fourth-order valence-corrected chi connectivity index (χ4v) is 4.46. The summed E-state index contributed by atoms with van der Waals surface area (Å²) in [5.74, 6) is -0.0988. The number of amides is 1. The van der Waals surface area contributed by atoms with Gasteiger partial charge in [0.05, 0.1) is 17.6 Å². The lowest BCUT2D eigenvalue weighted by Crippen LogP contribution is -2.50. The van der Waals surface area contributed by atoms with Gasteiger partial charge in [-0.05, 0) is 56.2 Å². The van der Waals surface area contributed by atoms with Crippen molar-refractivity contribution in [2.24, 2.45) is 0 Å². The van der Waals surface area contributed by atoms with E-state index in [-0.39, 0.29) is 18.0 Å². The molecular weight excluding hydrogens is 428 g/mol. The van der Waals surface area contributed by atoms with Crippen LogP contribution in [0.5, 0.6) is 0 Å². The van der Waals surface area contributed by atoms with Crippen LogP contribution in [0.1, 0.15) is 16.8 Å². The van der Waals surface area contributed by atoms with E-state index in [4.69, 9.17) is 0 Å². The van der Waals surface area contributed by atoms with Crippen LogP contribution in [0.15, 0.2) is 59.5 Å². The second-order valence-corrected chi connectivity index (χ2v) is 8.84. The van der Waals surface area contributed by atoms with Crippen molar-refractivity contribution in [3.63, 3.8) is 0 Å². The van der Waals surface area contributed by atoms with Crippen LogP contribution in [0, 0.1) is 20.8 Å². The molecule has 2 aromatic carbocycles. The average molecular weight is 457 g/mol. The molecule has 1 fully saturated rings. The third kappa shape index (κ3) is 3.96. The number of piperazine rings is 1. The molecule has 1 aliphatic rings. The zero-order valence-electron chi connectivity index (χ0n) is 19.7. The van der Waals surface area contributed by atoms with Gasteiger partial charge in [-0.2, -0.15) is 10.2 Å². The largest absolute Gasteiger partial charge is 0.368 e. The summed E-state index contributed by atoms with van der Waals surface area (Å²) in [6.45, 7) is 8.59. The molecular formula is C26H28N6O2. The molecule has 0 spiro atoms. The molecule has 1 aliphatic heterocycles. The third-order valence-corrected chi connectivity index (χ3v) is 6.64. The molecule has 8 nitrogen and oxygen atoms in total. The summed E-state index contributed by atoms with van der Waals surface area (Å²) in [4.78, 5) is 30.6. The molecule has 0 saturated carbocycles. The fourth-order valence-electron chi connectivity index (χ4n) is 4.46. The summed E-state index contributed by atoms with van der Waals surface area (Å²) >= 11 is 0. The number of aryl methyl sites for hydroxylation is 3. The van der Waals surface area contributed by atoms with Crippen molar-refractivity contribution in [3.05, 3.63) is 81.9 Å². The number of benzene rings is 2. The summed E-state index contributed by atoms with van der Waals surface area (Å²) in [5, 5.41) is 9.60. The van der Waals surface area contributed by atoms with Crippen molar-refractivity contribution in [1.82, 2.24) is 24.5 Å². The number of hydrogen-bond donors (Lipinski definition) is 0. The van der Waals surface area contributed by atoms with Gasteiger partial charge in [-0.1, -0.05) is 24.3 Å². The Hall–Kier alpha value is -3.94. The van der Waals surface area contributed by atoms with Gasteiger partial charge < -0.3 is 9.80 Å². The van der Waals surface area contributed by atoms with E-state index in [1.165, 1.54) is 10.2 Å². The molecule has 1 amide bonds. The third-order valence-electron chi connectivity index (χ3n) is 6.64. The Morgan fingerprint density at radius 3 is 2.35 bits per heavy atom. The van der Waals surface area contributed by atoms with Gasteiger partial charge in [0.25, 0.3) is 5.56 Å². The van der Waals surface area contributed by atoms with E-state index in [0.29, 0.717) is 29.7 Å². The van der Waals surface area contributed by atoms with Crippen molar-refractivity contribution in [2.45, 2.75) is 27.3 Å². The van der Waals surface area contributed by atoms with Crippen LogP contribution in [-0.2, 0) is 11.3 Å². The predicted octanol–water partition coefficient (Wildman–Crippen LogP) is 2.86. The van der Waals surface area contributed by atoms with Gasteiger partial charge in [0.15, 0.2) is 0 Å². The first-order valence-electron chi connectivity index (χ1n) is 11.5. The number of aromatic nitrogens is 4. The van der Waals surface area contributed by atoms with Crippen LogP contribution in [0.2, 0.25) is 0 Å². The number of carbonyl (C=O) groups excluding carboxylic acids is 1. The number of para-hydroxylation sites is 1. The summed E-state index contributed by atoms with van der Waals surface area (Å²) < 4.78 is 2.93. The molecule has 2 aromatic heterocycles. The number of carbonyl (C=O) groups is 1. The molecule has 0 bridgehead atoms. The maximum Gasteiger partial charge on any atom is 0.293 e. The Morgan fingerprint density at radius 1 is 0.912 bits per heavy atom. The zero-order chi connectivity index (χ0) is 23.8. The van der Waals surface area contributed by atoms with Gasteiger partial charge in [0.2, 0.25) is 5.91 Å². The number of fused-ring (bicyclic) bond motifs is 1. The van der Waals surface area contributed by atoms with E-state index in [0.717, 1.165) is 30.0 Å². The SMILES string of the molecule is Cc1ccc(-n2ncc3c(C)nn(CC(=O)N4CCN(c5ccccc5)CC4)c(=O)c32)cc1C. The first-order valence-corrected chi connectivity index (χ1v) is 11.5. The topological polar surface area (TPSA) is 76.3 Å². The average Bonchev–Trinajstić information content (AvgIpc) is 3.31. The number of rotatable bonds is 4. The highest BCUT2D eigenvalue weighted by Crippen LogP contribution is 2.20. The van der Waals surface area contributed by atoms with Crippen LogP contribution in [0.25, 0.3) is 16.6 Å². The maximum absolute atomic E-state index is 13.4. The minimum atomic E-state index is -0.312. The summed E-state index contributed by atoms with van der Waals surface area (Å²) in [5.41, 5.74) is 5.07. The molecule has 5 rings (SSSR count). The minimum Gasteiger partial charge on any atom is -0.368 e. The second kappa shape index (κ2) is 8.78. The summed E-state index contributed by atoms with van der Waals surface area (Å²) in [7, 11) is 0. The highest BCUT2D eigenvalue weighted by Gasteiger charge is 2.23.